The summed E-state index contributed by atoms with van der Waals surface area (Å²) in [6.45, 7) is 0.402. The fourth-order valence-corrected chi connectivity index (χ4v) is 3.95. The van der Waals surface area contributed by atoms with Gasteiger partial charge in [-0.2, -0.15) is 11.8 Å². The van der Waals surface area contributed by atoms with Crippen molar-refractivity contribution in [2.45, 2.75) is 24.8 Å². The smallest absolute Gasteiger partial charge is 0.251 e. The van der Waals surface area contributed by atoms with Crippen LogP contribution in [0.15, 0.2) is 24.3 Å². The van der Waals surface area contributed by atoms with Crippen LogP contribution >= 0.6 is 24.0 Å². The third kappa shape index (κ3) is 5.19. The second-order valence-corrected chi connectivity index (χ2v) is 9.11. The molecule has 1 atom stereocenters. The number of benzene rings is 1. The van der Waals surface area contributed by atoms with Gasteiger partial charge in [0.2, 0.25) is 0 Å². The summed E-state index contributed by atoms with van der Waals surface area (Å²) < 4.78 is 22.6. The molecular weight excluding hydrogens is 352 g/mol. The maximum atomic E-state index is 12.4. The van der Waals surface area contributed by atoms with Crippen LogP contribution in [0.4, 0.5) is 0 Å². The molecule has 1 fully saturated rings. The van der Waals surface area contributed by atoms with Gasteiger partial charge in [-0.3, -0.25) is 9.69 Å². The number of carbonyl (C=O) groups excluding carboxylic acids is 1. The first kappa shape index (κ1) is 18.2. The molecule has 1 aromatic rings. The van der Waals surface area contributed by atoms with Crippen LogP contribution in [0.2, 0.25) is 0 Å². The van der Waals surface area contributed by atoms with Crippen molar-refractivity contribution in [2.24, 2.45) is 0 Å². The van der Waals surface area contributed by atoms with E-state index in [4.69, 9.17) is 12.2 Å². The minimum atomic E-state index is -3.04. The van der Waals surface area contributed by atoms with E-state index in [1.807, 2.05) is 18.4 Å². The van der Waals surface area contributed by atoms with Gasteiger partial charge in [-0.05, 0) is 41.8 Å². The van der Waals surface area contributed by atoms with Gasteiger partial charge in [0, 0.05) is 6.26 Å². The molecule has 8 heteroatoms. The lowest BCUT2D eigenvalue weighted by molar-refractivity contribution is -0.127. The van der Waals surface area contributed by atoms with E-state index < -0.39 is 9.84 Å². The van der Waals surface area contributed by atoms with Crippen LogP contribution in [0.3, 0.4) is 0 Å². The summed E-state index contributed by atoms with van der Waals surface area (Å²) in [5.41, 5.74) is 1.66. The Hall–Kier alpha value is -1.12. The maximum Gasteiger partial charge on any atom is 0.251 e. The van der Waals surface area contributed by atoms with Gasteiger partial charge in [0.15, 0.2) is 14.9 Å². The molecule has 1 saturated heterocycles. The lowest BCUT2D eigenvalue weighted by Crippen LogP contribution is -2.31. The molecule has 0 radical (unpaired) electrons. The standard InChI is InChI=1S/C15H20N2O3S3/c1-22-8-7-13-14(18)17(15(21)16-13)9-11-3-5-12(6-4-11)10-23(2,19)20/h3-6,13H,7-10H2,1-2H3,(H,16,21). The van der Waals surface area contributed by atoms with Crippen LogP contribution in [0.1, 0.15) is 17.5 Å². The first-order chi connectivity index (χ1) is 10.8. The minimum Gasteiger partial charge on any atom is -0.350 e. The van der Waals surface area contributed by atoms with Gasteiger partial charge in [-0.1, -0.05) is 24.3 Å². The molecule has 0 bridgehead atoms. The third-order valence-corrected chi connectivity index (χ3v) is 5.35. The predicted molar refractivity (Wildman–Crippen MR) is 98.1 cm³/mol. The fraction of sp³-hybridized carbons (Fsp3) is 0.467. The number of amides is 1. The molecule has 23 heavy (non-hydrogen) atoms. The van der Waals surface area contributed by atoms with Gasteiger partial charge in [-0.25, -0.2) is 8.42 Å². The second kappa shape index (κ2) is 7.63. The molecule has 5 nitrogen and oxygen atoms in total. The van der Waals surface area contributed by atoms with Crippen LogP contribution in [0, 0.1) is 0 Å². The Labute approximate surface area is 146 Å². The Kier molecular flexibility index (Phi) is 6.05. The van der Waals surface area contributed by atoms with Crippen molar-refractivity contribution >= 4 is 44.8 Å². The normalized spacial score (nSPS) is 18.3. The molecule has 1 heterocycles. The van der Waals surface area contributed by atoms with Crippen molar-refractivity contribution in [2.75, 3.05) is 18.3 Å². The number of thiocarbonyl (C=S) groups is 1. The van der Waals surface area contributed by atoms with Crippen molar-refractivity contribution in [1.29, 1.82) is 0 Å². The van der Waals surface area contributed by atoms with E-state index >= 15 is 0 Å². The summed E-state index contributed by atoms with van der Waals surface area (Å²) in [6, 6.07) is 6.99. The molecule has 0 saturated carbocycles. The molecule has 1 amide bonds. The largest absolute Gasteiger partial charge is 0.350 e. The molecule has 1 aliphatic rings. The van der Waals surface area contributed by atoms with Gasteiger partial charge < -0.3 is 5.32 Å². The summed E-state index contributed by atoms with van der Waals surface area (Å²) in [4.78, 5) is 13.9. The molecule has 1 aliphatic heterocycles. The summed E-state index contributed by atoms with van der Waals surface area (Å²) in [5, 5.41) is 3.53. The molecule has 0 aliphatic carbocycles. The average molecular weight is 373 g/mol. The van der Waals surface area contributed by atoms with Gasteiger partial charge in [0.1, 0.15) is 6.04 Å². The van der Waals surface area contributed by atoms with E-state index in [0.717, 1.165) is 23.3 Å². The van der Waals surface area contributed by atoms with E-state index in [1.54, 1.807) is 28.8 Å². The van der Waals surface area contributed by atoms with Crippen molar-refractivity contribution in [3.8, 4) is 0 Å². The zero-order chi connectivity index (χ0) is 17.0. The van der Waals surface area contributed by atoms with E-state index in [-0.39, 0.29) is 17.7 Å². The Bertz CT molecular complexity index is 686. The van der Waals surface area contributed by atoms with Crippen LogP contribution < -0.4 is 5.32 Å². The number of nitrogens with zero attached hydrogens (tertiary/aromatic N) is 1. The topological polar surface area (TPSA) is 66.5 Å². The lowest BCUT2D eigenvalue weighted by atomic mass is 10.1. The van der Waals surface area contributed by atoms with Crippen molar-refractivity contribution < 1.29 is 13.2 Å². The van der Waals surface area contributed by atoms with E-state index in [2.05, 4.69) is 5.32 Å². The highest BCUT2D eigenvalue weighted by molar-refractivity contribution is 7.98. The highest BCUT2D eigenvalue weighted by Crippen LogP contribution is 2.16. The average Bonchev–Trinajstić information content (AvgIpc) is 2.73. The van der Waals surface area contributed by atoms with E-state index in [9.17, 15) is 13.2 Å². The highest BCUT2D eigenvalue weighted by Gasteiger charge is 2.34. The molecule has 126 valence electrons. The maximum absolute atomic E-state index is 12.4. The summed E-state index contributed by atoms with van der Waals surface area (Å²) in [7, 11) is -3.04. The summed E-state index contributed by atoms with van der Waals surface area (Å²) in [5.74, 6) is 0.927. The van der Waals surface area contributed by atoms with E-state index in [1.165, 1.54) is 6.26 Å². The zero-order valence-corrected chi connectivity index (χ0v) is 15.6. The fourth-order valence-electron chi connectivity index (χ4n) is 2.38. The van der Waals surface area contributed by atoms with Gasteiger partial charge in [-0.15, -0.1) is 0 Å². The monoisotopic (exact) mass is 372 g/mol. The molecule has 1 unspecified atom stereocenters. The number of rotatable bonds is 7. The number of hydrogen-bond acceptors (Lipinski definition) is 5. The number of nitrogens with one attached hydrogen (secondary N) is 1. The lowest BCUT2D eigenvalue weighted by Gasteiger charge is -2.15. The number of thioether (sulfide) groups is 1. The van der Waals surface area contributed by atoms with Crippen molar-refractivity contribution in [3.63, 3.8) is 0 Å². The van der Waals surface area contributed by atoms with Crippen LogP contribution in [0.5, 0.6) is 0 Å². The zero-order valence-electron chi connectivity index (χ0n) is 13.1. The summed E-state index contributed by atoms with van der Waals surface area (Å²) in [6.07, 6.45) is 3.97. The Morgan fingerprint density at radius 2 is 1.87 bits per heavy atom. The molecular formula is C15H20N2O3S3. The third-order valence-electron chi connectivity index (χ3n) is 3.51. The van der Waals surface area contributed by atoms with Gasteiger partial charge in [0.05, 0.1) is 12.3 Å². The quantitative estimate of drug-likeness (QED) is 0.733. The highest BCUT2D eigenvalue weighted by atomic mass is 32.2. The van der Waals surface area contributed by atoms with Gasteiger partial charge >= 0.3 is 0 Å². The van der Waals surface area contributed by atoms with Gasteiger partial charge in [0.25, 0.3) is 5.91 Å². The van der Waals surface area contributed by atoms with Crippen LogP contribution in [-0.2, 0) is 26.9 Å². The molecule has 2 rings (SSSR count). The number of sulfone groups is 1. The van der Waals surface area contributed by atoms with E-state index in [0.29, 0.717) is 11.7 Å². The van der Waals surface area contributed by atoms with Crippen molar-refractivity contribution in [1.82, 2.24) is 10.2 Å². The Balaban J connectivity index is 2.01. The first-order valence-corrected chi connectivity index (χ1v) is 11.0. The van der Waals surface area contributed by atoms with Crippen molar-refractivity contribution in [3.05, 3.63) is 35.4 Å². The van der Waals surface area contributed by atoms with Crippen LogP contribution in [-0.4, -0.2) is 48.6 Å². The first-order valence-electron chi connectivity index (χ1n) is 7.16. The molecule has 0 aromatic heterocycles. The Morgan fingerprint density at radius 3 is 2.43 bits per heavy atom. The predicted octanol–water partition coefficient (Wildman–Crippen LogP) is 1.57. The molecule has 1 N–H and O–H groups in total. The summed E-state index contributed by atoms with van der Waals surface area (Å²) >= 11 is 6.95. The molecule has 0 spiro atoms. The second-order valence-electron chi connectivity index (χ2n) is 5.59. The van der Waals surface area contributed by atoms with Crippen LogP contribution in [0.25, 0.3) is 0 Å². The number of carbonyl (C=O) groups is 1. The Morgan fingerprint density at radius 1 is 1.26 bits per heavy atom. The number of hydrogen-bond donors (Lipinski definition) is 1. The molecule has 1 aromatic carbocycles. The SMILES string of the molecule is CSCCC1NC(=S)N(Cc2ccc(CS(C)(=O)=O)cc2)C1=O. The minimum absolute atomic E-state index is 0.00395.